The lowest BCUT2D eigenvalue weighted by Crippen LogP contribution is -2.45. The van der Waals surface area contributed by atoms with Crippen LogP contribution in [0.5, 0.6) is 0 Å². The number of hydrogen-bond donors (Lipinski definition) is 1. The van der Waals surface area contributed by atoms with Gasteiger partial charge in [-0.05, 0) is 43.0 Å². The summed E-state index contributed by atoms with van der Waals surface area (Å²) < 4.78 is 0. The largest absolute Gasteiger partial charge is 0.397 e. The average Bonchev–Trinajstić information content (AvgIpc) is 2.07. The van der Waals surface area contributed by atoms with E-state index in [0.29, 0.717) is 0 Å². The van der Waals surface area contributed by atoms with Crippen molar-refractivity contribution in [3.63, 3.8) is 0 Å². The molecule has 1 fully saturated rings. The van der Waals surface area contributed by atoms with E-state index in [4.69, 9.17) is 5.73 Å². The van der Waals surface area contributed by atoms with E-state index in [1.807, 2.05) is 0 Å². The highest BCUT2D eigenvalue weighted by atomic mass is 15.2. The Morgan fingerprint density at radius 2 is 1.79 bits per heavy atom. The molecule has 0 atom stereocenters. The molecule has 1 aliphatic heterocycles. The number of nitrogens with zero attached hydrogens (tertiary/aromatic N) is 1. The first-order valence-electron chi connectivity index (χ1n) is 5.19. The lowest BCUT2D eigenvalue weighted by atomic mass is 9.99. The molecule has 1 saturated heterocycles. The number of nitrogens with two attached hydrogens (primary N) is 1. The number of aryl methyl sites for hydroxylation is 2. The van der Waals surface area contributed by atoms with Crippen LogP contribution in [0.15, 0.2) is 12.1 Å². The summed E-state index contributed by atoms with van der Waals surface area (Å²) in [6.07, 6.45) is 0. The summed E-state index contributed by atoms with van der Waals surface area (Å²) in [5, 5.41) is 0. The molecule has 2 N–H and O–H groups in total. The Morgan fingerprint density at radius 3 is 2.36 bits per heavy atom. The molecule has 2 heteroatoms. The second kappa shape index (κ2) is 3.19. The third kappa shape index (κ3) is 1.45. The molecule has 0 aromatic heterocycles. The van der Waals surface area contributed by atoms with E-state index in [2.05, 4.69) is 37.8 Å². The Bertz CT molecular complexity index is 352. The molecule has 0 saturated carbocycles. The molecule has 1 aromatic carbocycles. The van der Waals surface area contributed by atoms with Crippen LogP contribution < -0.4 is 10.6 Å². The molecule has 0 amide bonds. The van der Waals surface area contributed by atoms with Crippen molar-refractivity contribution < 1.29 is 0 Å². The summed E-state index contributed by atoms with van der Waals surface area (Å²) in [4.78, 5) is 2.35. The first-order chi connectivity index (χ1) is 6.58. The van der Waals surface area contributed by atoms with Crippen LogP contribution in [-0.2, 0) is 0 Å². The molecule has 0 aliphatic carbocycles. The van der Waals surface area contributed by atoms with Gasteiger partial charge in [0.25, 0.3) is 0 Å². The van der Waals surface area contributed by atoms with Gasteiger partial charge in [0.15, 0.2) is 0 Å². The van der Waals surface area contributed by atoms with Crippen molar-refractivity contribution >= 4 is 11.4 Å². The maximum absolute atomic E-state index is 6.00. The van der Waals surface area contributed by atoms with Crippen molar-refractivity contribution in [2.75, 3.05) is 23.7 Å². The third-order valence-electron chi connectivity index (χ3n) is 3.05. The van der Waals surface area contributed by atoms with Crippen LogP contribution in [0.4, 0.5) is 11.4 Å². The maximum Gasteiger partial charge on any atom is 0.0602 e. The Morgan fingerprint density at radius 1 is 1.21 bits per heavy atom. The standard InChI is InChI=1S/C12H18N2/c1-8-6-14(7-8)12-5-10(3)9(2)4-11(12)13/h4-5,8H,6-7,13H2,1-3H3. The smallest absolute Gasteiger partial charge is 0.0602 e. The predicted octanol–water partition coefficient (Wildman–Crippen LogP) is 2.34. The van der Waals surface area contributed by atoms with E-state index in [1.165, 1.54) is 16.8 Å². The monoisotopic (exact) mass is 190 g/mol. The molecule has 76 valence electrons. The van der Waals surface area contributed by atoms with Gasteiger partial charge in [0, 0.05) is 13.1 Å². The van der Waals surface area contributed by atoms with E-state index in [1.54, 1.807) is 0 Å². The van der Waals surface area contributed by atoms with Gasteiger partial charge in [-0.25, -0.2) is 0 Å². The summed E-state index contributed by atoms with van der Waals surface area (Å²) in [6, 6.07) is 4.28. The highest BCUT2D eigenvalue weighted by Gasteiger charge is 2.24. The molecule has 0 radical (unpaired) electrons. The molecule has 1 aromatic rings. The number of anilines is 2. The van der Waals surface area contributed by atoms with Crippen molar-refractivity contribution in [3.05, 3.63) is 23.3 Å². The highest BCUT2D eigenvalue weighted by Crippen LogP contribution is 2.31. The van der Waals surface area contributed by atoms with E-state index < -0.39 is 0 Å². The summed E-state index contributed by atoms with van der Waals surface area (Å²) in [5.41, 5.74) is 10.7. The fraction of sp³-hybridized carbons (Fsp3) is 0.500. The Labute approximate surface area is 85.7 Å². The van der Waals surface area contributed by atoms with Crippen LogP contribution in [0.3, 0.4) is 0 Å². The molecule has 0 bridgehead atoms. The molecule has 0 spiro atoms. The Hall–Kier alpha value is -1.18. The zero-order valence-electron chi connectivity index (χ0n) is 9.17. The molecular formula is C12H18N2. The number of nitrogen functional groups attached to an aromatic ring is 1. The lowest BCUT2D eigenvalue weighted by Gasteiger charge is -2.40. The maximum atomic E-state index is 6.00. The van der Waals surface area contributed by atoms with E-state index in [-0.39, 0.29) is 0 Å². The molecule has 14 heavy (non-hydrogen) atoms. The number of rotatable bonds is 1. The molecule has 0 unspecified atom stereocenters. The van der Waals surface area contributed by atoms with Crippen LogP contribution in [0.1, 0.15) is 18.1 Å². The minimum absolute atomic E-state index is 0.816. The van der Waals surface area contributed by atoms with Crippen LogP contribution in [-0.4, -0.2) is 13.1 Å². The second-order valence-corrected chi connectivity index (χ2v) is 4.51. The molecule has 2 nitrogen and oxygen atoms in total. The lowest BCUT2D eigenvalue weighted by molar-refractivity contribution is 0.448. The van der Waals surface area contributed by atoms with Gasteiger partial charge in [0.05, 0.1) is 11.4 Å². The fourth-order valence-corrected chi connectivity index (χ4v) is 1.99. The minimum Gasteiger partial charge on any atom is -0.397 e. The SMILES string of the molecule is Cc1cc(N)c(N2CC(C)C2)cc1C. The van der Waals surface area contributed by atoms with E-state index >= 15 is 0 Å². The quantitative estimate of drug-likeness (QED) is 0.689. The number of hydrogen-bond acceptors (Lipinski definition) is 2. The first kappa shape index (κ1) is 9.38. The van der Waals surface area contributed by atoms with Gasteiger partial charge in [-0.15, -0.1) is 0 Å². The minimum atomic E-state index is 0.816. The van der Waals surface area contributed by atoms with E-state index in [9.17, 15) is 0 Å². The van der Waals surface area contributed by atoms with E-state index in [0.717, 1.165) is 24.7 Å². The van der Waals surface area contributed by atoms with Crippen LogP contribution >= 0.6 is 0 Å². The summed E-state index contributed by atoms with van der Waals surface area (Å²) >= 11 is 0. The predicted molar refractivity (Wildman–Crippen MR) is 61.7 cm³/mol. The molecular weight excluding hydrogens is 172 g/mol. The zero-order chi connectivity index (χ0) is 10.3. The van der Waals surface area contributed by atoms with Gasteiger partial charge in [-0.2, -0.15) is 0 Å². The third-order valence-corrected chi connectivity index (χ3v) is 3.05. The zero-order valence-corrected chi connectivity index (χ0v) is 9.17. The van der Waals surface area contributed by atoms with Gasteiger partial charge in [0.2, 0.25) is 0 Å². The highest BCUT2D eigenvalue weighted by molar-refractivity contribution is 5.70. The normalized spacial score (nSPS) is 16.9. The fourth-order valence-electron chi connectivity index (χ4n) is 1.99. The van der Waals surface area contributed by atoms with Crippen LogP contribution in [0.25, 0.3) is 0 Å². The Balaban J connectivity index is 2.30. The number of benzene rings is 1. The molecule has 1 aliphatic rings. The van der Waals surface area contributed by atoms with Crippen molar-refractivity contribution in [2.45, 2.75) is 20.8 Å². The van der Waals surface area contributed by atoms with Crippen molar-refractivity contribution in [1.29, 1.82) is 0 Å². The van der Waals surface area contributed by atoms with Gasteiger partial charge < -0.3 is 10.6 Å². The van der Waals surface area contributed by atoms with Crippen LogP contribution in [0, 0.1) is 19.8 Å². The van der Waals surface area contributed by atoms with Crippen molar-refractivity contribution in [3.8, 4) is 0 Å². The van der Waals surface area contributed by atoms with Crippen LogP contribution in [0.2, 0.25) is 0 Å². The van der Waals surface area contributed by atoms with Gasteiger partial charge in [-0.1, -0.05) is 6.92 Å². The van der Waals surface area contributed by atoms with Crippen molar-refractivity contribution in [1.82, 2.24) is 0 Å². The summed E-state index contributed by atoms with van der Waals surface area (Å²) in [7, 11) is 0. The Kier molecular flexibility index (Phi) is 2.14. The van der Waals surface area contributed by atoms with Gasteiger partial charge >= 0.3 is 0 Å². The second-order valence-electron chi connectivity index (χ2n) is 4.51. The molecule has 1 heterocycles. The average molecular weight is 190 g/mol. The van der Waals surface area contributed by atoms with Gasteiger partial charge in [-0.3, -0.25) is 0 Å². The van der Waals surface area contributed by atoms with Gasteiger partial charge in [0.1, 0.15) is 0 Å². The topological polar surface area (TPSA) is 29.3 Å². The summed E-state index contributed by atoms with van der Waals surface area (Å²) in [5.74, 6) is 0.816. The summed E-state index contributed by atoms with van der Waals surface area (Å²) in [6.45, 7) is 8.81. The molecule has 2 rings (SSSR count). The van der Waals surface area contributed by atoms with Crippen molar-refractivity contribution in [2.24, 2.45) is 5.92 Å². The first-order valence-corrected chi connectivity index (χ1v) is 5.19.